The molecule has 2 aliphatic rings. The van der Waals surface area contributed by atoms with E-state index < -0.39 is 0 Å². The number of morpholine rings is 1. The highest BCUT2D eigenvalue weighted by Gasteiger charge is 2.34. The summed E-state index contributed by atoms with van der Waals surface area (Å²) in [5, 5.41) is 3.82. The number of hydrogen-bond acceptors (Lipinski definition) is 2. The molecule has 0 aromatic rings. The molecule has 0 aromatic carbocycles. The van der Waals surface area contributed by atoms with Gasteiger partial charge in [-0.1, -0.05) is 51.4 Å². The van der Waals surface area contributed by atoms with Gasteiger partial charge < -0.3 is 10.1 Å². The van der Waals surface area contributed by atoms with E-state index in [2.05, 4.69) is 19.2 Å². The maximum Gasteiger partial charge on any atom is 0.0729 e. The van der Waals surface area contributed by atoms with Crippen molar-refractivity contribution in [1.82, 2.24) is 5.32 Å². The number of hydrogen-bond donors (Lipinski definition) is 1. The van der Waals surface area contributed by atoms with Crippen LogP contribution in [0.3, 0.4) is 0 Å². The zero-order valence-electron chi connectivity index (χ0n) is 12.3. The summed E-state index contributed by atoms with van der Waals surface area (Å²) >= 11 is 0. The summed E-state index contributed by atoms with van der Waals surface area (Å²) in [6.07, 6.45) is 14.3. The minimum atomic E-state index is 0.165. The Hall–Kier alpha value is -0.0800. The Balaban J connectivity index is 1.88. The Morgan fingerprint density at radius 3 is 2.06 bits per heavy atom. The highest BCUT2D eigenvalue weighted by Crippen LogP contribution is 2.25. The van der Waals surface area contributed by atoms with E-state index in [0.29, 0.717) is 12.1 Å². The summed E-state index contributed by atoms with van der Waals surface area (Å²) in [4.78, 5) is 0. The van der Waals surface area contributed by atoms with Crippen LogP contribution in [0.1, 0.15) is 78.1 Å². The molecule has 2 rings (SSSR count). The summed E-state index contributed by atoms with van der Waals surface area (Å²) in [5.74, 6) is 0. The third-order valence-electron chi connectivity index (χ3n) is 4.44. The smallest absolute Gasteiger partial charge is 0.0729 e. The van der Waals surface area contributed by atoms with Gasteiger partial charge in [0.1, 0.15) is 0 Å². The fourth-order valence-corrected chi connectivity index (χ4v) is 3.38. The molecule has 1 saturated carbocycles. The SMILES string of the molecule is CC1(C)COC2CCCCCCCCCCC2N1. The Bertz CT molecular complexity index is 239. The van der Waals surface area contributed by atoms with Crippen molar-refractivity contribution in [3.63, 3.8) is 0 Å². The summed E-state index contributed by atoms with van der Waals surface area (Å²) < 4.78 is 6.14. The number of nitrogens with one attached hydrogen (secondary N) is 1. The van der Waals surface area contributed by atoms with Crippen LogP contribution < -0.4 is 5.32 Å². The molecule has 1 saturated heterocycles. The average Bonchev–Trinajstić information content (AvgIpc) is 2.30. The summed E-state index contributed by atoms with van der Waals surface area (Å²) in [7, 11) is 0. The topological polar surface area (TPSA) is 21.3 Å². The van der Waals surface area contributed by atoms with Gasteiger partial charge in [-0.05, 0) is 26.7 Å². The average molecular weight is 253 g/mol. The zero-order valence-corrected chi connectivity index (χ0v) is 12.3. The summed E-state index contributed by atoms with van der Waals surface area (Å²) in [6, 6.07) is 0.591. The van der Waals surface area contributed by atoms with Gasteiger partial charge in [0.2, 0.25) is 0 Å². The third kappa shape index (κ3) is 4.55. The van der Waals surface area contributed by atoms with Crippen LogP contribution in [-0.2, 0) is 4.74 Å². The van der Waals surface area contributed by atoms with E-state index >= 15 is 0 Å². The lowest BCUT2D eigenvalue weighted by Crippen LogP contribution is -2.59. The zero-order chi connectivity index (χ0) is 12.8. The molecule has 1 aliphatic carbocycles. The molecule has 0 bridgehead atoms. The monoisotopic (exact) mass is 253 g/mol. The highest BCUT2D eigenvalue weighted by atomic mass is 16.5. The second-order valence-corrected chi connectivity index (χ2v) is 6.89. The lowest BCUT2D eigenvalue weighted by molar-refractivity contribution is -0.0591. The van der Waals surface area contributed by atoms with Gasteiger partial charge in [-0.25, -0.2) is 0 Å². The molecule has 2 heteroatoms. The van der Waals surface area contributed by atoms with E-state index in [-0.39, 0.29) is 5.54 Å². The molecule has 1 heterocycles. The van der Waals surface area contributed by atoms with Crippen molar-refractivity contribution in [3.8, 4) is 0 Å². The maximum absolute atomic E-state index is 6.14. The lowest BCUT2D eigenvalue weighted by atomic mass is 9.91. The van der Waals surface area contributed by atoms with E-state index in [4.69, 9.17) is 4.74 Å². The quantitative estimate of drug-likeness (QED) is 0.703. The van der Waals surface area contributed by atoms with Crippen molar-refractivity contribution in [2.75, 3.05) is 6.61 Å². The molecule has 1 aliphatic heterocycles. The molecule has 0 aromatic heterocycles. The molecule has 0 spiro atoms. The number of fused-ring (bicyclic) bond motifs is 1. The first-order chi connectivity index (χ1) is 8.67. The van der Waals surface area contributed by atoms with Gasteiger partial charge in [0.15, 0.2) is 0 Å². The lowest BCUT2D eigenvalue weighted by Gasteiger charge is -2.42. The molecular formula is C16H31NO. The van der Waals surface area contributed by atoms with E-state index in [9.17, 15) is 0 Å². The van der Waals surface area contributed by atoms with Gasteiger partial charge in [-0.15, -0.1) is 0 Å². The van der Waals surface area contributed by atoms with Gasteiger partial charge in [0.25, 0.3) is 0 Å². The summed E-state index contributed by atoms with van der Waals surface area (Å²) in [6.45, 7) is 5.40. The second kappa shape index (κ2) is 6.91. The minimum Gasteiger partial charge on any atom is -0.375 e. The first kappa shape index (κ1) is 14.3. The van der Waals surface area contributed by atoms with Gasteiger partial charge in [0, 0.05) is 11.6 Å². The first-order valence-electron chi connectivity index (χ1n) is 8.07. The van der Waals surface area contributed by atoms with Crippen molar-refractivity contribution in [1.29, 1.82) is 0 Å². The van der Waals surface area contributed by atoms with Crippen molar-refractivity contribution in [2.24, 2.45) is 0 Å². The number of rotatable bonds is 0. The second-order valence-electron chi connectivity index (χ2n) is 6.89. The molecule has 2 unspecified atom stereocenters. The van der Waals surface area contributed by atoms with Crippen LogP contribution in [0.25, 0.3) is 0 Å². The van der Waals surface area contributed by atoms with E-state index in [1.807, 2.05) is 0 Å². The third-order valence-corrected chi connectivity index (χ3v) is 4.44. The molecule has 2 atom stereocenters. The highest BCUT2D eigenvalue weighted by molar-refractivity contribution is 4.91. The van der Waals surface area contributed by atoms with E-state index in [1.54, 1.807) is 0 Å². The van der Waals surface area contributed by atoms with Crippen LogP contribution in [0.2, 0.25) is 0 Å². The fourth-order valence-electron chi connectivity index (χ4n) is 3.38. The predicted octanol–water partition coefficient (Wildman–Crippen LogP) is 4.04. The Morgan fingerprint density at radius 1 is 0.833 bits per heavy atom. The van der Waals surface area contributed by atoms with Crippen molar-refractivity contribution >= 4 is 0 Å². The van der Waals surface area contributed by atoms with E-state index in [1.165, 1.54) is 64.2 Å². The standard InChI is InChI=1S/C16H31NO/c1-16(2)13-18-15-12-10-8-6-4-3-5-7-9-11-14(15)17-16/h14-15,17H,3-13H2,1-2H3. The Morgan fingerprint density at radius 2 is 1.39 bits per heavy atom. The Labute approximate surface area is 113 Å². The predicted molar refractivity (Wildman–Crippen MR) is 76.9 cm³/mol. The van der Waals surface area contributed by atoms with Gasteiger partial charge >= 0.3 is 0 Å². The Kier molecular flexibility index (Phi) is 5.50. The largest absolute Gasteiger partial charge is 0.375 e. The molecule has 2 nitrogen and oxygen atoms in total. The minimum absolute atomic E-state index is 0.165. The molecule has 18 heavy (non-hydrogen) atoms. The fraction of sp³-hybridized carbons (Fsp3) is 1.00. The van der Waals surface area contributed by atoms with Crippen LogP contribution >= 0.6 is 0 Å². The molecule has 1 N–H and O–H groups in total. The first-order valence-corrected chi connectivity index (χ1v) is 8.07. The maximum atomic E-state index is 6.14. The molecule has 106 valence electrons. The van der Waals surface area contributed by atoms with Crippen LogP contribution in [0.4, 0.5) is 0 Å². The van der Waals surface area contributed by atoms with Crippen LogP contribution in [0.5, 0.6) is 0 Å². The molecule has 0 amide bonds. The van der Waals surface area contributed by atoms with Crippen molar-refractivity contribution < 1.29 is 4.74 Å². The molecular weight excluding hydrogens is 222 g/mol. The van der Waals surface area contributed by atoms with Gasteiger partial charge in [-0.2, -0.15) is 0 Å². The van der Waals surface area contributed by atoms with Crippen LogP contribution in [0, 0.1) is 0 Å². The van der Waals surface area contributed by atoms with Gasteiger partial charge in [-0.3, -0.25) is 0 Å². The van der Waals surface area contributed by atoms with Crippen molar-refractivity contribution in [2.45, 2.75) is 95.7 Å². The van der Waals surface area contributed by atoms with Crippen LogP contribution in [0.15, 0.2) is 0 Å². The normalized spacial score (nSPS) is 35.0. The van der Waals surface area contributed by atoms with Crippen molar-refractivity contribution in [3.05, 3.63) is 0 Å². The molecule has 2 fully saturated rings. The number of ether oxygens (including phenoxy) is 1. The van der Waals surface area contributed by atoms with Crippen LogP contribution in [-0.4, -0.2) is 24.3 Å². The molecule has 0 radical (unpaired) electrons. The van der Waals surface area contributed by atoms with E-state index in [0.717, 1.165) is 6.61 Å². The summed E-state index contributed by atoms with van der Waals surface area (Å²) in [5.41, 5.74) is 0.165. The van der Waals surface area contributed by atoms with Gasteiger partial charge in [0.05, 0.1) is 12.7 Å².